The third-order valence-corrected chi connectivity index (χ3v) is 5.35. The Morgan fingerprint density at radius 1 is 1.10 bits per heavy atom. The van der Waals surface area contributed by atoms with Crippen molar-refractivity contribution in [3.8, 4) is 11.6 Å². The van der Waals surface area contributed by atoms with Crippen LogP contribution in [-0.2, 0) is 4.74 Å². The van der Waals surface area contributed by atoms with Gasteiger partial charge in [-0.1, -0.05) is 0 Å². The quantitative estimate of drug-likeness (QED) is 0.788. The Hall–Kier alpha value is -3.33. The first-order chi connectivity index (χ1) is 15.1. The summed E-state index contributed by atoms with van der Waals surface area (Å²) in [4.78, 5) is 33.2. The maximum Gasteiger partial charge on any atom is 0.321 e. The molecule has 9 heteroatoms. The maximum absolute atomic E-state index is 12.9. The summed E-state index contributed by atoms with van der Waals surface area (Å²) in [7, 11) is 1.60. The third kappa shape index (κ3) is 5.05. The topological polar surface area (TPSA) is 93.2 Å². The van der Waals surface area contributed by atoms with Crippen molar-refractivity contribution in [2.75, 3.05) is 51.8 Å². The lowest BCUT2D eigenvalue weighted by Gasteiger charge is -2.27. The second kappa shape index (κ2) is 9.65. The second-order valence-electron chi connectivity index (χ2n) is 7.39. The van der Waals surface area contributed by atoms with Gasteiger partial charge in [-0.05, 0) is 36.4 Å². The molecule has 2 aromatic rings. The van der Waals surface area contributed by atoms with E-state index in [0.29, 0.717) is 62.9 Å². The number of amides is 3. The monoisotopic (exact) mass is 426 g/mol. The van der Waals surface area contributed by atoms with E-state index in [1.165, 1.54) is 0 Å². The summed E-state index contributed by atoms with van der Waals surface area (Å²) < 4.78 is 16.5. The normalized spacial score (nSPS) is 18.5. The van der Waals surface area contributed by atoms with E-state index in [2.05, 4.69) is 10.3 Å². The minimum Gasteiger partial charge on any atom is -0.497 e. The van der Waals surface area contributed by atoms with Gasteiger partial charge in [-0.15, -0.1) is 0 Å². The number of methoxy groups -OCH3 is 1. The van der Waals surface area contributed by atoms with E-state index in [9.17, 15) is 9.59 Å². The molecule has 0 bridgehead atoms. The molecule has 1 unspecified atom stereocenters. The average Bonchev–Trinajstić information content (AvgIpc) is 3.29. The van der Waals surface area contributed by atoms with Crippen molar-refractivity contribution in [1.82, 2.24) is 14.8 Å². The molecule has 2 aliphatic rings. The van der Waals surface area contributed by atoms with E-state index in [1.807, 2.05) is 0 Å². The molecule has 3 amide bonds. The molecule has 2 fully saturated rings. The molecular weight excluding hydrogens is 400 g/mol. The van der Waals surface area contributed by atoms with Crippen LogP contribution in [0.4, 0.5) is 10.5 Å². The van der Waals surface area contributed by atoms with Crippen LogP contribution in [-0.4, -0.2) is 79.3 Å². The summed E-state index contributed by atoms with van der Waals surface area (Å²) in [5.41, 5.74) is 1.13. The number of urea groups is 1. The Kier molecular flexibility index (Phi) is 6.51. The van der Waals surface area contributed by atoms with E-state index >= 15 is 0 Å². The van der Waals surface area contributed by atoms with Crippen LogP contribution < -0.4 is 14.8 Å². The van der Waals surface area contributed by atoms with Crippen LogP contribution in [0.1, 0.15) is 16.8 Å². The molecule has 4 rings (SSSR count). The largest absolute Gasteiger partial charge is 0.497 e. The average molecular weight is 426 g/mol. The summed E-state index contributed by atoms with van der Waals surface area (Å²) in [6.07, 6.45) is 2.04. The minimum atomic E-state index is -0.229. The first-order valence-electron chi connectivity index (χ1n) is 10.3. The van der Waals surface area contributed by atoms with Gasteiger partial charge < -0.3 is 29.3 Å². The zero-order valence-electron chi connectivity index (χ0n) is 17.5. The highest BCUT2D eigenvalue weighted by atomic mass is 16.5. The Morgan fingerprint density at radius 2 is 1.87 bits per heavy atom. The van der Waals surface area contributed by atoms with Crippen LogP contribution in [0.5, 0.6) is 11.6 Å². The van der Waals surface area contributed by atoms with Crippen molar-refractivity contribution in [2.24, 2.45) is 0 Å². The van der Waals surface area contributed by atoms with Crippen molar-refractivity contribution in [1.29, 1.82) is 0 Å². The van der Waals surface area contributed by atoms with Crippen molar-refractivity contribution >= 4 is 17.6 Å². The molecule has 3 heterocycles. The molecule has 1 aromatic heterocycles. The summed E-state index contributed by atoms with van der Waals surface area (Å²) in [6, 6.07) is 10.4. The van der Waals surface area contributed by atoms with Gasteiger partial charge in [-0.2, -0.15) is 0 Å². The molecule has 1 N–H and O–H groups in total. The SMILES string of the molecule is COc1ccc(NC(=O)N2CCC(Oc3ncccc3C(=O)N3CCOCC3)C2)cc1. The first-order valence-corrected chi connectivity index (χ1v) is 10.3. The van der Waals surface area contributed by atoms with Crippen molar-refractivity contribution < 1.29 is 23.8 Å². The number of pyridine rings is 1. The van der Waals surface area contributed by atoms with Gasteiger partial charge >= 0.3 is 6.03 Å². The number of hydrogen-bond donors (Lipinski definition) is 1. The number of nitrogens with zero attached hydrogens (tertiary/aromatic N) is 3. The molecule has 9 nitrogen and oxygen atoms in total. The number of likely N-dealkylation sites (tertiary alicyclic amines) is 1. The van der Waals surface area contributed by atoms with Crippen LogP contribution in [0.3, 0.4) is 0 Å². The first kappa shape index (κ1) is 20.9. The number of hydrogen-bond acceptors (Lipinski definition) is 6. The molecule has 0 radical (unpaired) electrons. The summed E-state index contributed by atoms with van der Waals surface area (Å²) in [5, 5.41) is 2.88. The Bertz CT molecular complexity index is 914. The van der Waals surface area contributed by atoms with Gasteiger partial charge in [-0.3, -0.25) is 4.79 Å². The highest BCUT2D eigenvalue weighted by Gasteiger charge is 2.30. The number of benzene rings is 1. The number of ether oxygens (including phenoxy) is 3. The van der Waals surface area contributed by atoms with E-state index in [4.69, 9.17) is 14.2 Å². The Morgan fingerprint density at radius 3 is 2.61 bits per heavy atom. The number of nitrogens with one attached hydrogen (secondary N) is 1. The fourth-order valence-electron chi connectivity index (χ4n) is 3.63. The minimum absolute atomic E-state index is 0.112. The number of anilines is 1. The van der Waals surface area contributed by atoms with Crippen LogP contribution >= 0.6 is 0 Å². The van der Waals surface area contributed by atoms with Gasteiger partial charge in [0.2, 0.25) is 5.88 Å². The summed E-state index contributed by atoms with van der Waals surface area (Å²) >= 11 is 0. The highest BCUT2D eigenvalue weighted by Crippen LogP contribution is 2.23. The Labute approximate surface area is 180 Å². The van der Waals surface area contributed by atoms with E-state index in [-0.39, 0.29) is 18.0 Å². The van der Waals surface area contributed by atoms with Crippen molar-refractivity contribution in [3.05, 3.63) is 48.2 Å². The molecule has 0 aliphatic carbocycles. The van der Waals surface area contributed by atoms with Gasteiger partial charge in [0.1, 0.15) is 17.4 Å². The van der Waals surface area contributed by atoms with E-state index in [1.54, 1.807) is 59.5 Å². The zero-order valence-corrected chi connectivity index (χ0v) is 17.5. The zero-order chi connectivity index (χ0) is 21.6. The van der Waals surface area contributed by atoms with E-state index in [0.717, 1.165) is 5.75 Å². The lowest BCUT2D eigenvalue weighted by molar-refractivity contribution is 0.0298. The molecule has 2 aliphatic heterocycles. The second-order valence-corrected chi connectivity index (χ2v) is 7.39. The fraction of sp³-hybridized carbons (Fsp3) is 0.409. The smallest absolute Gasteiger partial charge is 0.321 e. The van der Waals surface area contributed by atoms with Crippen LogP contribution in [0.15, 0.2) is 42.6 Å². The predicted molar refractivity (Wildman–Crippen MR) is 114 cm³/mol. The molecule has 0 spiro atoms. The number of carbonyl (C=O) groups is 2. The van der Waals surface area contributed by atoms with Gasteiger partial charge in [0, 0.05) is 37.9 Å². The molecule has 1 aromatic carbocycles. The van der Waals surface area contributed by atoms with Gasteiger partial charge in [0.25, 0.3) is 5.91 Å². The molecule has 2 saturated heterocycles. The van der Waals surface area contributed by atoms with Gasteiger partial charge in [0.05, 0.1) is 26.9 Å². The van der Waals surface area contributed by atoms with E-state index < -0.39 is 0 Å². The number of rotatable bonds is 5. The standard InChI is InChI=1S/C22H26N4O5/c1-29-17-6-4-16(5-7-17)24-22(28)26-10-8-18(15-26)31-20-19(3-2-9-23-20)21(27)25-11-13-30-14-12-25/h2-7,9,18H,8,10-15H2,1H3,(H,24,28). The number of carbonyl (C=O) groups excluding carboxylic acids is 2. The maximum atomic E-state index is 12.9. The molecule has 0 saturated carbocycles. The molecule has 31 heavy (non-hydrogen) atoms. The van der Waals surface area contributed by atoms with Gasteiger partial charge in [0.15, 0.2) is 0 Å². The molecule has 164 valence electrons. The molecular formula is C22H26N4O5. The third-order valence-electron chi connectivity index (χ3n) is 5.35. The number of morpholine rings is 1. The number of aromatic nitrogens is 1. The predicted octanol–water partition coefficient (Wildman–Crippen LogP) is 2.25. The van der Waals surface area contributed by atoms with Crippen molar-refractivity contribution in [3.63, 3.8) is 0 Å². The fourth-order valence-corrected chi connectivity index (χ4v) is 3.63. The van der Waals surface area contributed by atoms with Crippen LogP contribution in [0, 0.1) is 0 Å². The lowest BCUT2D eigenvalue weighted by Crippen LogP contribution is -2.41. The Balaban J connectivity index is 1.35. The van der Waals surface area contributed by atoms with Gasteiger partial charge in [-0.25, -0.2) is 9.78 Å². The highest BCUT2D eigenvalue weighted by molar-refractivity contribution is 5.96. The lowest BCUT2D eigenvalue weighted by atomic mass is 10.2. The van der Waals surface area contributed by atoms with Crippen molar-refractivity contribution in [2.45, 2.75) is 12.5 Å². The van der Waals surface area contributed by atoms with Crippen LogP contribution in [0.25, 0.3) is 0 Å². The summed E-state index contributed by atoms with van der Waals surface area (Å²) in [5.74, 6) is 0.922. The summed E-state index contributed by atoms with van der Waals surface area (Å²) in [6.45, 7) is 3.15. The molecule has 1 atom stereocenters. The van der Waals surface area contributed by atoms with Crippen LogP contribution in [0.2, 0.25) is 0 Å².